The summed E-state index contributed by atoms with van der Waals surface area (Å²) in [7, 11) is 0. The van der Waals surface area contributed by atoms with Gasteiger partial charge in [0.25, 0.3) is 5.91 Å². The number of piperazine rings is 1. The lowest BCUT2D eigenvalue weighted by molar-refractivity contribution is 0.0663. The Morgan fingerprint density at radius 1 is 1.11 bits per heavy atom. The summed E-state index contributed by atoms with van der Waals surface area (Å²) in [5, 5.41) is 7.64. The molecule has 4 rings (SSSR count). The second-order valence-corrected chi connectivity index (χ2v) is 7.02. The van der Waals surface area contributed by atoms with Gasteiger partial charge in [0.15, 0.2) is 11.3 Å². The van der Waals surface area contributed by atoms with Crippen molar-refractivity contribution in [2.75, 3.05) is 31.5 Å². The van der Waals surface area contributed by atoms with Crippen molar-refractivity contribution in [2.45, 2.75) is 6.92 Å². The molecule has 0 aliphatic carbocycles. The largest absolute Gasteiger partial charge is 0.334 e. The van der Waals surface area contributed by atoms with Crippen molar-refractivity contribution in [1.82, 2.24) is 24.4 Å². The van der Waals surface area contributed by atoms with E-state index in [-0.39, 0.29) is 11.9 Å². The Hall–Kier alpha value is -3.13. The Labute approximate surface area is 166 Å². The van der Waals surface area contributed by atoms with Gasteiger partial charge in [-0.2, -0.15) is 5.10 Å². The molecule has 1 aliphatic rings. The van der Waals surface area contributed by atoms with Crippen LogP contribution in [0.1, 0.15) is 16.1 Å². The van der Waals surface area contributed by atoms with E-state index >= 15 is 0 Å². The minimum Gasteiger partial charge on any atom is -0.334 e. The topological polar surface area (TPSA) is 82.8 Å². The molecule has 0 bridgehead atoms. The summed E-state index contributed by atoms with van der Waals surface area (Å²) in [6.07, 6.45) is 3.15. The Bertz CT molecular complexity index is 1040. The first-order valence-electron chi connectivity index (χ1n) is 8.93. The highest BCUT2D eigenvalue weighted by Crippen LogP contribution is 2.20. The Morgan fingerprint density at radius 3 is 2.61 bits per heavy atom. The number of aromatic nitrogens is 3. The first kappa shape index (κ1) is 18.2. The Kier molecular flexibility index (Phi) is 4.87. The van der Waals surface area contributed by atoms with Crippen molar-refractivity contribution < 1.29 is 9.59 Å². The molecule has 3 heterocycles. The van der Waals surface area contributed by atoms with E-state index in [4.69, 9.17) is 11.6 Å². The van der Waals surface area contributed by atoms with Crippen molar-refractivity contribution >= 4 is 34.9 Å². The molecule has 0 atom stereocenters. The molecule has 8 nitrogen and oxygen atoms in total. The maximum Gasteiger partial charge on any atom is 0.321 e. The number of benzene rings is 1. The maximum absolute atomic E-state index is 12.8. The summed E-state index contributed by atoms with van der Waals surface area (Å²) in [6.45, 7) is 3.69. The summed E-state index contributed by atoms with van der Waals surface area (Å²) in [4.78, 5) is 32.9. The van der Waals surface area contributed by atoms with Crippen LogP contribution in [0, 0.1) is 6.92 Å². The molecule has 0 unspecified atom stereocenters. The zero-order valence-electron chi connectivity index (χ0n) is 15.3. The van der Waals surface area contributed by atoms with Crippen LogP contribution in [0.5, 0.6) is 0 Å². The van der Waals surface area contributed by atoms with Crippen LogP contribution in [-0.2, 0) is 0 Å². The number of carbonyl (C=O) groups excluding carboxylic acids is 2. The van der Waals surface area contributed by atoms with Crippen molar-refractivity contribution in [2.24, 2.45) is 0 Å². The van der Waals surface area contributed by atoms with Crippen LogP contribution in [0.2, 0.25) is 5.02 Å². The number of hydrogen-bond acceptors (Lipinski definition) is 4. The SMILES string of the molecule is Cc1ccc(NC(=O)N2CCN(C(=O)c3cnc4cccnn34)CC2)cc1Cl. The van der Waals surface area contributed by atoms with E-state index in [9.17, 15) is 9.59 Å². The van der Waals surface area contributed by atoms with Crippen molar-refractivity contribution in [1.29, 1.82) is 0 Å². The quantitative estimate of drug-likeness (QED) is 0.719. The molecule has 144 valence electrons. The van der Waals surface area contributed by atoms with Gasteiger partial charge < -0.3 is 15.1 Å². The summed E-state index contributed by atoms with van der Waals surface area (Å²) in [6, 6.07) is 8.77. The number of nitrogens with zero attached hydrogens (tertiary/aromatic N) is 5. The third kappa shape index (κ3) is 3.50. The molecule has 1 fully saturated rings. The van der Waals surface area contributed by atoms with Crippen molar-refractivity contribution in [3.05, 3.63) is 59.0 Å². The first-order chi connectivity index (χ1) is 13.5. The standard InChI is InChI=1S/C19H19ClN6O2/c1-13-4-5-14(11-15(13)20)23-19(28)25-9-7-24(8-10-25)18(27)16-12-21-17-3-2-6-22-26(16)17/h2-6,11-12H,7-10H2,1H3,(H,23,28). The first-order valence-corrected chi connectivity index (χ1v) is 9.31. The second-order valence-electron chi connectivity index (χ2n) is 6.61. The third-order valence-corrected chi connectivity index (χ3v) is 5.18. The fraction of sp³-hybridized carbons (Fsp3) is 0.263. The molecule has 28 heavy (non-hydrogen) atoms. The lowest BCUT2D eigenvalue weighted by Gasteiger charge is -2.34. The molecule has 3 aromatic rings. The average Bonchev–Trinajstić information content (AvgIpc) is 3.14. The van der Waals surface area contributed by atoms with Gasteiger partial charge in [0, 0.05) is 43.1 Å². The van der Waals surface area contributed by atoms with Crippen molar-refractivity contribution in [3.8, 4) is 0 Å². The van der Waals surface area contributed by atoms with Gasteiger partial charge in [-0.15, -0.1) is 0 Å². The fourth-order valence-electron chi connectivity index (χ4n) is 3.12. The van der Waals surface area contributed by atoms with Gasteiger partial charge in [-0.1, -0.05) is 17.7 Å². The molecular formula is C19H19ClN6O2. The predicted molar refractivity (Wildman–Crippen MR) is 106 cm³/mol. The molecule has 9 heteroatoms. The number of amides is 3. The highest BCUT2D eigenvalue weighted by Gasteiger charge is 2.26. The number of imidazole rings is 1. The van der Waals surface area contributed by atoms with Crippen LogP contribution in [0.25, 0.3) is 5.65 Å². The molecule has 1 aliphatic heterocycles. The van der Waals surface area contributed by atoms with Crippen LogP contribution >= 0.6 is 11.6 Å². The van der Waals surface area contributed by atoms with Crippen LogP contribution in [0.15, 0.2) is 42.7 Å². The van der Waals surface area contributed by atoms with Crippen molar-refractivity contribution in [3.63, 3.8) is 0 Å². The molecule has 0 spiro atoms. The van der Waals surface area contributed by atoms with Crippen LogP contribution in [-0.4, -0.2) is 62.5 Å². The molecule has 2 aromatic heterocycles. The molecule has 3 amide bonds. The van der Waals surface area contributed by atoms with Crippen LogP contribution in [0.3, 0.4) is 0 Å². The Balaban J connectivity index is 1.38. The highest BCUT2D eigenvalue weighted by atomic mass is 35.5. The average molecular weight is 399 g/mol. The molecular weight excluding hydrogens is 380 g/mol. The second kappa shape index (κ2) is 7.47. The minimum absolute atomic E-state index is 0.142. The van der Waals surface area contributed by atoms with E-state index in [1.54, 1.807) is 34.2 Å². The number of nitrogens with one attached hydrogen (secondary N) is 1. The van der Waals surface area contributed by atoms with E-state index in [1.165, 1.54) is 10.7 Å². The van der Waals surface area contributed by atoms with E-state index < -0.39 is 0 Å². The maximum atomic E-state index is 12.8. The monoisotopic (exact) mass is 398 g/mol. The molecule has 1 N–H and O–H groups in total. The van der Waals surface area contributed by atoms with Crippen LogP contribution < -0.4 is 5.32 Å². The normalized spacial score (nSPS) is 14.4. The third-order valence-electron chi connectivity index (χ3n) is 4.77. The van der Waals surface area contributed by atoms with Gasteiger partial charge in [0.1, 0.15) is 0 Å². The Morgan fingerprint density at radius 2 is 1.86 bits per heavy atom. The lowest BCUT2D eigenvalue weighted by atomic mass is 10.2. The van der Waals surface area contributed by atoms with E-state index in [1.807, 2.05) is 19.1 Å². The molecule has 1 saturated heterocycles. The smallest absolute Gasteiger partial charge is 0.321 e. The van der Waals surface area contributed by atoms with Gasteiger partial charge in [-0.05, 0) is 36.8 Å². The van der Waals surface area contributed by atoms with E-state index in [2.05, 4.69) is 15.4 Å². The molecule has 0 saturated carbocycles. The predicted octanol–water partition coefficient (Wildman–Crippen LogP) is 2.68. The zero-order chi connectivity index (χ0) is 19.7. The summed E-state index contributed by atoms with van der Waals surface area (Å²) in [5.41, 5.74) is 2.65. The highest BCUT2D eigenvalue weighted by molar-refractivity contribution is 6.31. The van der Waals surface area contributed by atoms with Gasteiger partial charge >= 0.3 is 6.03 Å². The summed E-state index contributed by atoms with van der Waals surface area (Å²) in [5.74, 6) is -0.142. The van der Waals surface area contributed by atoms with Gasteiger partial charge in [0.05, 0.1) is 6.20 Å². The number of halogens is 1. The lowest BCUT2D eigenvalue weighted by Crippen LogP contribution is -2.51. The molecule has 0 radical (unpaired) electrons. The number of carbonyl (C=O) groups is 2. The van der Waals surface area contributed by atoms with E-state index in [0.717, 1.165) is 5.56 Å². The minimum atomic E-state index is -0.205. The van der Waals surface area contributed by atoms with E-state index in [0.29, 0.717) is 48.2 Å². The van der Waals surface area contributed by atoms with Gasteiger partial charge in [-0.25, -0.2) is 14.3 Å². The number of aryl methyl sites for hydroxylation is 1. The fourth-order valence-corrected chi connectivity index (χ4v) is 3.30. The van der Waals surface area contributed by atoms with Crippen LogP contribution in [0.4, 0.5) is 10.5 Å². The zero-order valence-corrected chi connectivity index (χ0v) is 16.1. The summed E-state index contributed by atoms with van der Waals surface area (Å²) >= 11 is 6.11. The number of rotatable bonds is 2. The number of urea groups is 1. The molecule has 1 aromatic carbocycles. The van der Waals surface area contributed by atoms with Gasteiger partial charge in [-0.3, -0.25) is 4.79 Å². The number of fused-ring (bicyclic) bond motifs is 1. The summed E-state index contributed by atoms with van der Waals surface area (Å²) < 4.78 is 1.53. The number of hydrogen-bond donors (Lipinski definition) is 1. The number of anilines is 1. The van der Waals surface area contributed by atoms with Gasteiger partial charge in [0.2, 0.25) is 0 Å².